The first-order chi connectivity index (χ1) is 5.63. The van der Waals surface area contributed by atoms with Crippen LogP contribution in [0.4, 0.5) is 0 Å². The lowest BCUT2D eigenvalue weighted by molar-refractivity contribution is -0.122. The van der Waals surface area contributed by atoms with Crippen molar-refractivity contribution in [2.24, 2.45) is 5.41 Å². The Labute approximate surface area is 71.0 Å². The molecule has 2 aliphatic rings. The van der Waals surface area contributed by atoms with Crippen molar-refractivity contribution in [1.82, 2.24) is 0 Å². The summed E-state index contributed by atoms with van der Waals surface area (Å²) in [6.45, 7) is 1.91. The topological polar surface area (TPSA) is 34.1 Å². The molecule has 0 spiro atoms. The first-order valence-electron chi connectivity index (χ1n) is 4.10. The van der Waals surface area contributed by atoms with E-state index in [1.54, 1.807) is 18.2 Å². The van der Waals surface area contributed by atoms with E-state index in [1.165, 1.54) is 0 Å². The third kappa shape index (κ3) is 0.809. The summed E-state index contributed by atoms with van der Waals surface area (Å²) in [4.78, 5) is 22.4. The Morgan fingerprint density at radius 3 is 2.83 bits per heavy atom. The van der Waals surface area contributed by atoms with Crippen molar-refractivity contribution in [3.05, 3.63) is 23.8 Å². The maximum Gasteiger partial charge on any atom is 0.165 e. The van der Waals surface area contributed by atoms with Crippen molar-refractivity contribution in [2.45, 2.75) is 19.8 Å². The highest BCUT2D eigenvalue weighted by Gasteiger charge is 2.40. The van der Waals surface area contributed by atoms with Gasteiger partial charge in [-0.05, 0) is 31.1 Å². The number of hydrogen-bond acceptors (Lipinski definition) is 2. The molecule has 12 heavy (non-hydrogen) atoms. The van der Waals surface area contributed by atoms with Gasteiger partial charge >= 0.3 is 0 Å². The SMILES string of the molecule is CC12CCC(=O)C=C1C=CC2=O. The van der Waals surface area contributed by atoms with E-state index in [4.69, 9.17) is 0 Å². The zero-order chi connectivity index (χ0) is 8.77. The Kier molecular flexibility index (Phi) is 1.34. The van der Waals surface area contributed by atoms with Crippen LogP contribution in [0.15, 0.2) is 23.8 Å². The van der Waals surface area contributed by atoms with Gasteiger partial charge in [-0.3, -0.25) is 9.59 Å². The normalized spacial score (nSPS) is 33.6. The summed E-state index contributed by atoms with van der Waals surface area (Å²) < 4.78 is 0. The fraction of sp³-hybridized carbons (Fsp3) is 0.400. The Bertz CT molecular complexity index is 323. The molecule has 1 unspecified atom stereocenters. The van der Waals surface area contributed by atoms with Gasteiger partial charge in [-0.2, -0.15) is 0 Å². The van der Waals surface area contributed by atoms with Crippen molar-refractivity contribution in [1.29, 1.82) is 0 Å². The van der Waals surface area contributed by atoms with E-state index < -0.39 is 0 Å². The molecule has 0 radical (unpaired) electrons. The van der Waals surface area contributed by atoms with Gasteiger partial charge in [0.15, 0.2) is 11.6 Å². The second-order valence-electron chi connectivity index (χ2n) is 3.60. The monoisotopic (exact) mass is 162 g/mol. The molecule has 2 rings (SSSR count). The molecule has 0 aromatic carbocycles. The summed E-state index contributed by atoms with van der Waals surface area (Å²) in [7, 11) is 0. The lowest BCUT2D eigenvalue weighted by Crippen LogP contribution is -2.28. The average Bonchev–Trinajstić information content (AvgIpc) is 2.31. The van der Waals surface area contributed by atoms with Crippen LogP contribution in [0.3, 0.4) is 0 Å². The molecule has 2 nitrogen and oxygen atoms in total. The van der Waals surface area contributed by atoms with Crippen molar-refractivity contribution in [2.75, 3.05) is 0 Å². The number of hydrogen-bond donors (Lipinski definition) is 0. The molecule has 0 aliphatic heterocycles. The summed E-state index contributed by atoms with van der Waals surface area (Å²) in [6, 6.07) is 0. The first kappa shape index (κ1) is 7.47. The Morgan fingerprint density at radius 2 is 2.08 bits per heavy atom. The maximum atomic E-state index is 11.4. The minimum atomic E-state index is -0.381. The molecule has 2 heteroatoms. The summed E-state index contributed by atoms with van der Waals surface area (Å²) in [6.07, 6.45) is 6.12. The Morgan fingerprint density at radius 1 is 1.33 bits per heavy atom. The molecule has 0 amide bonds. The summed E-state index contributed by atoms with van der Waals surface area (Å²) in [5.74, 6) is 0.281. The standard InChI is InChI=1S/C10H10O2/c1-10-5-4-8(11)6-7(10)2-3-9(10)12/h2-3,6H,4-5H2,1H3. The molecule has 0 aromatic heterocycles. The highest BCUT2D eigenvalue weighted by atomic mass is 16.1. The predicted octanol–water partition coefficient (Wildman–Crippen LogP) is 1.42. The van der Waals surface area contributed by atoms with Crippen LogP contribution in [0.2, 0.25) is 0 Å². The van der Waals surface area contributed by atoms with Crippen LogP contribution in [-0.2, 0) is 9.59 Å². The number of ketones is 2. The van der Waals surface area contributed by atoms with E-state index in [9.17, 15) is 9.59 Å². The third-order valence-electron chi connectivity index (χ3n) is 2.78. The fourth-order valence-electron chi connectivity index (χ4n) is 1.77. The Balaban J connectivity index is 2.49. The largest absolute Gasteiger partial charge is 0.295 e. The van der Waals surface area contributed by atoms with Crippen LogP contribution in [0, 0.1) is 5.41 Å². The zero-order valence-corrected chi connectivity index (χ0v) is 6.96. The lowest BCUT2D eigenvalue weighted by Gasteiger charge is -2.26. The van der Waals surface area contributed by atoms with Crippen molar-refractivity contribution in [3.8, 4) is 0 Å². The molecular weight excluding hydrogens is 152 g/mol. The molecular formula is C10H10O2. The highest BCUT2D eigenvalue weighted by molar-refractivity contribution is 6.05. The van der Waals surface area contributed by atoms with Crippen molar-refractivity contribution < 1.29 is 9.59 Å². The van der Waals surface area contributed by atoms with E-state index >= 15 is 0 Å². The minimum Gasteiger partial charge on any atom is -0.295 e. The number of rotatable bonds is 0. The molecule has 2 aliphatic carbocycles. The van der Waals surface area contributed by atoms with Gasteiger partial charge in [0.1, 0.15) is 0 Å². The van der Waals surface area contributed by atoms with Crippen LogP contribution in [0.5, 0.6) is 0 Å². The molecule has 0 bridgehead atoms. The van der Waals surface area contributed by atoms with E-state index in [2.05, 4.69) is 0 Å². The van der Waals surface area contributed by atoms with Gasteiger partial charge in [-0.15, -0.1) is 0 Å². The van der Waals surface area contributed by atoms with Crippen LogP contribution < -0.4 is 0 Å². The van der Waals surface area contributed by atoms with Gasteiger partial charge < -0.3 is 0 Å². The summed E-state index contributed by atoms with van der Waals surface area (Å²) in [5, 5.41) is 0. The quantitative estimate of drug-likeness (QED) is 0.539. The van der Waals surface area contributed by atoms with Gasteiger partial charge in [0.25, 0.3) is 0 Å². The smallest absolute Gasteiger partial charge is 0.165 e. The van der Waals surface area contributed by atoms with Crippen LogP contribution in [-0.4, -0.2) is 11.6 Å². The number of fused-ring (bicyclic) bond motifs is 1. The Hall–Kier alpha value is -1.18. The molecule has 0 saturated carbocycles. The first-order valence-corrected chi connectivity index (χ1v) is 4.10. The van der Waals surface area contributed by atoms with Gasteiger partial charge in [0.05, 0.1) is 5.41 Å². The summed E-state index contributed by atoms with van der Waals surface area (Å²) in [5.41, 5.74) is 0.511. The maximum absolute atomic E-state index is 11.4. The second-order valence-corrected chi connectivity index (χ2v) is 3.60. The van der Waals surface area contributed by atoms with E-state index in [0.717, 1.165) is 5.57 Å². The van der Waals surface area contributed by atoms with Crippen molar-refractivity contribution in [3.63, 3.8) is 0 Å². The van der Waals surface area contributed by atoms with E-state index in [1.807, 2.05) is 6.92 Å². The molecule has 0 heterocycles. The molecule has 1 atom stereocenters. The van der Waals surface area contributed by atoms with Gasteiger partial charge in [-0.1, -0.05) is 6.08 Å². The number of allylic oxidation sites excluding steroid dienone is 4. The zero-order valence-electron chi connectivity index (χ0n) is 6.96. The second kappa shape index (κ2) is 2.16. The highest BCUT2D eigenvalue weighted by Crippen LogP contribution is 2.41. The average molecular weight is 162 g/mol. The van der Waals surface area contributed by atoms with Crippen molar-refractivity contribution >= 4 is 11.6 Å². The molecule has 0 fully saturated rings. The van der Waals surface area contributed by atoms with Gasteiger partial charge in [-0.25, -0.2) is 0 Å². The van der Waals surface area contributed by atoms with E-state index in [0.29, 0.717) is 12.8 Å². The van der Waals surface area contributed by atoms with E-state index in [-0.39, 0.29) is 17.0 Å². The van der Waals surface area contributed by atoms with Crippen LogP contribution >= 0.6 is 0 Å². The number of carbonyl (C=O) groups excluding carboxylic acids is 2. The molecule has 0 aromatic rings. The van der Waals surface area contributed by atoms with Crippen LogP contribution in [0.25, 0.3) is 0 Å². The minimum absolute atomic E-state index is 0.140. The van der Waals surface area contributed by atoms with Gasteiger partial charge in [0, 0.05) is 6.42 Å². The lowest BCUT2D eigenvalue weighted by atomic mass is 9.74. The predicted molar refractivity (Wildman–Crippen MR) is 44.6 cm³/mol. The molecule has 0 saturated heterocycles. The molecule has 62 valence electrons. The van der Waals surface area contributed by atoms with Crippen LogP contribution in [0.1, 0.15) is 19.8 Å². The summed E-state index contributed by atoms with van der Waals surface area (Å²) >= 11 is 0. The third-order valence-corrected chi connectivity index (χ3v) is 2.78. The number of carbonyl (C=O) groups is 2. The fourth-order valence-corrected chi connectivity index (χ4v) is 1.77. The van der Waals surface area contributed by atoms with Gasteiger partial charge in [0.2, 0.25) is 0 Å². The molecule has 0 N–H and O–H groups in total.